The molecule has 3 nitrogen and oxygen atoms in total. The summed E-state index contributed by atoms with van der Waals surface area (Å²) >= 11 is 3.57. The van der Waals surface area contributed by atoms with Crippen molar-refractivity contribution in [2.24, 2.45) is 5.73 Å². The summed E-state index contributed by atoms with van der Waals surface area (Å²) < 4.78 is 1.06. The Hall–Kier alpha value is -1.65. The number of benzene rings is 2. The average molecular weight is 333 g/mol. The van der Waals surface area contributed by atoms with Gasteiger partial charge >= 0.3 is 0 Å². The number of rotatable bonds is 5. The van der Waals surface area contributed by atoms with Crippen LogP contribution in [0.1, 0.15) is 22.7 Å². The summed E-state index contributed by atoms with van der Waals surface area (Å²) in [6.45, 7) is 2.61. The van der Waals surface area contributed by atoms with Crippen molar-refractivity contribution < 1.29 is 4.79 Å². The Morgan fingerprint density at radius 2 is 1.90 bits per heavy atom. The van der Waals surface area contributed by atoms with Crippen molar-refractivity contribution in [3.63, 3.8) is 0 Å². The lowest BCUT2D eigenvalue weighted by molar-refractivity contribution is -0.120. The number of amides is 1. The normalized spacial score (nSPS) is 12.1. The number of primary amides is 1. The van der Waals surface area contributed by atoms with Crippen LogP contribution >= 0.6 is 15.9 Å². The van der Waals surface area contributed by atoms with Crippen LogP contribution in [0.15, 0.2) is 53.0 Å². The van der Waals surface area contributed by atoms with E-state index in [1.165, 1.54) is 5.56 Å². The van der Waals surface area contributed by atoms with Gasteiger partial charge < -0.3 is 5.73 Å². The number of halogens is 1. The zero-order valence-corrected chi connectivity index (χ0v) is 12.9. The molecule has 0 aliphatic heterocycles. The molecule has 0 unspecified atom stereocenters. The van der Waals surface area contributed by atoms with Crippen LogP contribution in [-0.4, -0.2) is 5.91 Å². The third-order valence-electron chi connectivity index (χ3n) is 3.19. The van der Waals surface area contributed by atoms with Gasteiger partial charge in [-0.15, -0.1) is 0 Å². The van der Waals surface area contributed by atoms with Gasteiger partial charge in [0.05, 0.1) is 0 Å². The summed E-state index contributed by atoms with van der Waals surface area (Å²) in [6.07, 6.45) is 0. The van der Waals surface area contributed by atoms with E-state index in [0.717, 1.165) is 15.6 Å². The van der Waals surface area contributed by atoms with Gasteiger partial charge in [0.2, 0.25) is 5.91 Å². The molecule has 0 radical (unpaired) electrons. The van der Waals surface area contributed by atoms with E-state index in [-0.39, 0.29) is 5.91 Å². The molecule has 104 valence electrons. The molecule has 2 aromatic rings. The first-order valence-corrected chi connectivity index (χ1v) is 7.20. The molecule has 0 heterocycles. The maximum Gasteiger partial charge on any atom is 0.239 e. The molecule has 0 aromatic heterocycles. The lowest BCUT2D eigenvalue weighted by atomic mass is 10.1. The van der Waals surface area contributed by atoms with Crippen LogP contribution in [0.4, 0.5) is 0 Å². The summed E-state index contributed by atoms with van der Waals surface area (Å²) in [4.78, 5) is 11.6. The number of hydrogen-bond acceptors (Lipinski definition) is 2. The van der Waals surface area contributed by atoms with Crippen LogP contribution in [0.5, 0.6) is 0 Å². The molecule has 4 heteroatoms. The first-order chi connectivity index (χ1) is 9.59. The molecule has 0 spiro atoms. The highest BCUT2D eigenvalue weighted by Gasteiger charge is 2.17. The van der Waals surface area contributed by atoms with Crippen LogP contribution in [0.3, 0.4) is 0 Å². The van der Waals surface area contributed by atoms with E-state index in [2.05, 4.69) is 21.2 Å². The number of carbonyl (C=O) groups excluding carboxylic acids is 1. The van der Waals surface area contributed by atoms with Crippen LogP contribution in [0.2, 0.25) is 0 Å². The molecule has 1 amide bonds. The summed E-state index contributed by atoms with van der Waals surface area (Å²) in [6, 6.07) is 15.1. The molecule has 0 aliphatic carbocycles. The number of nitrogens with one attached hydrogen (secondary N) is 1. The largest absolute Gasteiger partial charge is 0.368 e. The van der Waals surface area contributed by atoms with Crippen LogP contribution in [-0.2, 0) is 11.3 Å². The maximum atomic E-state index is 11.6. The third-order valence-corrected chi connectivity index (χ3v) is 4.32. The van der Waals surface area contributed by atoms with E-state index < -0.39 is 6.04 Å². The Morgan fingerprint density at radius 1 is 1.20 bits per heavy atom. The Labute approximate surface area is 127 Å². The fourth-order valence-corrected chi connectivity index (χ4v) is 2.49. The molecule has 1 atom stereocenters. The van der Waals surface area contributed by atoms with Gasteiger partial charge in [0, 0.05) is 11.0 Å². The number of aryl methyl sites for hydroxylation is 1. The van der Waals surface area contributed by atoms with Crippen molar-refractivity contribution in [1.29, 1.82) is 0 Å². The molecular formula is C16H17BrN2O. The van der Waals surface area contributed by atoms with Gasteiger partial charge in [0.15, 0.2) is 0 Å². The van der Waals surface area contributed by atoms with Gasteiger partial charge in [-0.3, -0.25) is 10.1 Å². The summed E-state index contributed by atoms with van der Waals surface area (Å²) in [5, 5.41) is 3.22. The highest BCUT2D eigenvalue weighted by molar-refractivity contribution is 9.10. The second-order valence-corrected chi connectivity index (χ2v) is 5.47. The third kappa shape index (κ3) is 3.46. The van der Waals surface area contributed by atoms with Crippen molar-refractivity contribution in [2.75, 3.05) is 0 Å². The molecule has 0 bridgehead atoms. The van der Waals surface area contributed by atoms with E-state index in [4.69, 9.17) is 5.73 Å². The van der Waals surface area contributed by atoms with E-state index in [0.29, 0.717) is 6.54 Å². The number of carbonyl (C=O) groups is 1. The van der Waals surface area contributed by atoms with E-state index in [9.17, 15) is 4.79 Å². The molecule has 0 saturated carbocycles. The molecule has 0 aliphatic rings. The van der Waals surface area contributed by atoms with E-state index in [1.54, 1.807) is 0 Å². The van der Waals surface area contributed by atoms with Gasteiger partial charge in [-0.1, -0.05) is 64.5 Å². The average Bonchev–Trinajstić information content (AvgIpc) is 2.44. The van der Waals surface area contributed by atoms with Gasteiger partial charge in [-0.2, -0.15) is 0 Å². The van der Waals surface area contributed by atoms with Crippen LogP contribution in [0.25, 0.3) is 0 Å². The summed E-state index contributed by atoms with van der Waals surface area (Å²) in [5.74, 6) is -0.375. The van der Waals surface area contributed by atoms with Crippen molar-refractivity contribution in [1.82, 2.24) is 5.32 Å². The smallest absolute Gasteiger partial charge is 0.239 e. The second-order valence-electron chi connectivity index (χ2n) is 4.67. The summed E-state index contributed by atoms with van der Waals surface area (Å²) in [7, 11) is 0. The van der Waals surface area contributed by atoms with Gasteiger partial charge in [-0.05, 0) is 23.6 Å². The van der Waals surface area contributed by atoms with E-state index in [1.807, 2.05) is 55.5 Å². The molecule has 20 heavy (non-hydrogen) atoms. The quantitative estimate of drug-likeness (QED) is 0.884. The Bertz CT molecular complexity index is 599. The number of hydrogen-bond donors (Lipinski definition) is 2. The van der Waals surface area contributed by atoms with Crippen molar-refractivity contribution >= 4 is 21.8 Å². The fraction of sp³-hybridized carbons (Fsp3) is 0.188. The standard InChI is InChI=1S/C16H17BrN2O/c1-11-6-5-9-13(14(11)17)10-19-15(16(18)20)12-7-3-2-4-8-12/h2-9,15,19H,10H2,1H3,(H2,18,20)/t15-/m0/s1. The SMILES string of the molecule is Cc1cccc(CN[C@H](C(N)=O)c2ccccc2)c1Br. The topological polar surface area (TPSA) is 55.1 Å². The molecule has 2 aromatic carbocycles. The van der Waals surface area contributed by atoms with Crippen LogP contribution in [0, 0.1) is 6.92 Å². The second kappa shape index (κ2) is 6.68. The summed E-state index contributed by atoms with van der Waals surface area (Å²) in [5.41, 5.74) is 8.64. The molecule has 2 rings (SSSR count). The van der Waals surface area contributed by atoms with E-state index >= 15 is 0 Å². The zero-order valence-electron chi connectivity index (χ0n) is 11.3. The first-order valence-electron chi connectivity index (χ1n) is 6.41. The Morgan fingerprint density at radius 3 is 2.55 bits per heavy atom. The van der Waals surface area contributed by atoms with Crippen LogP contribution < -0.4 is 11.1 Å². The predicted octanol–water partition coefficient (Wildman–Crippen LogP) is 3.07. The van der Waals surface area contributed by atoms with Crippen molar-refractivity contribution in [2.45, 2.75) is 19.5 Å². The first kappa shape index (κ1) is 14.8. The molecule has 0 fully saturated rings. The highest BCUT2D eigenvalue weighted by atomic mass is 79.9. The highest BCUT2D eigenvalue weighted by Crippen LogP contribution is 2.22. The molecular weight excluding hydrogens is 316 g/mol. The minimum atomic E-state index is -0.483. The fourth-order valence-electron chi connectivity index (χ4n) is 2.08. The minimum absolute atomic E-state index is 0.375. The Kier molecular flexibility index (Phi) is 4.93. The van der Waals surface area contributed by atoms with Gasteiger partial charge in [-0.25, -0.2) is 0 Å². The van der Waals surface area contributed by atoms with Gasteiger partial charge in [0.25, 0.3) is 0 Å². The number of nitrogens with two attached hydrogens (primary N) is 1. The Balaban J connectivity index is 2.14. The lowest BCUT2D eigenvalue weighted by Crippen LogP contribution is -2.33. The van der Waals surface area contributed by atoms with Crippen molar-refractivity contribution in [3.8, 4) is 0 Å². The zero-order chi connectivity index (χ0) is 14.5. The minimum Gasteiger partial charge on any atom is -0.368 e. The predicted molar refractivity (Wildman–Crippen MR) is 84.1 cm³/mol. The molecule has 3 N–H and O–H groups in total. The molecule has 0 saturated heterocycles. The lowest BCUT2D eigenvalue weighted by Gasteiger charge is -2.17. The maximum absolute atomic E-state index is 11.6. The monoisotopic (exact) mass is 332 g/mol. The van der Waals surface area contributed by atoms with Gasteiger partial charge in [0.1, 0.15) is 6.04 Å². The van der Waals surface area contributed by atoms with Crippen molar-refractivity contribution in [3.05, 3.63) is 69.7 Å².